The maximum atomic E-state index is 3.72. The minimum atomic E-state index is 0.561. The predicted molar refractivity (Wildman–Crippen MR) is 95.3 cm³/mol. The van der Waals surface area contributed by atoms with Gasteiger partial charge < -0.3 is 10.6 Å². The molecule has 0 aliphatic heterocycles. The van der Waals surface area contributed by atoms with E-state index in [1.807, 2.05) is 0 Å². The summed E-state index contributed by atoms with van der Waals surface area (Å²) in [5, 5.41) is 7.44. The summed E-state index contributed by atoms with van der Waals surface area (Å²) in [5.74, 6) is 1.33. The standard InChI is InChI=1S/C20H26N2/c1-15-13-20(22-18-11-7-4-8-12-18)16(2)14-19(15)21-17-9-5-3-6-10-17/h3-12,15-16,19-22H,13-14H2,1-2H3/t15-,16+,19-,20+. The van der Waals surface area contributed by atoms with Gasteiger partial charge in [-0.3, -0.25) is 0 Å². The Kier molecular flexibility index (Phi) is 4.67. The summed E-state index contributed by atoms with van der Waals surface area (Å²) in [6, 6.07) is 22.3. The molecule has 0 unspecified atom stereocenters. The summed E-state index contributed by atoms with van der Waals surface area (Å²) in [5.41, 5.74) is 2.47. The molecule has 22 heavy (non-hydrogen) atoms. The highest BCUT2D eigenvalue weighted by Gasteiger charge is 2.32. The Morgan fingerprint density at radius 1 is 0.636 bits per heavy atom. The number of rotatable bonds is 4. The summed E-state index contributed by atoms with van der Waals surface area (Å²) in [7, 11) is 0. The van der Waals surface area contributed by atoms with Crippen molar-refractivity contribution in [1.29, 1.82) is 0 Å². The van der Waals surface area contributed by atoms with E-state index in [0.29, 0.717) is 23.9 Å². The zero-order valence-corrected chi connectivity index (χ0v) is 13.5. The molecule has 116 valence electrons. The van der Waals surface area contributed by atoms with Crippen LogP contribution in [0.4, 0.5) is 11.4 Å². The van der Waals surface area contributed by atoms with Crippen LogP contribution >= 0.6 is 0 Å². The molecule has 2 N–H and O–H groups in total. The molecule has 3 rings (SSSR count). The van der Waals surface area contributed by atoms with E-state index in [-0.39, 0.29) is 0 Å². The third-order valence-corrected chi connectivity index (χ3v) is 4.88. The highest BCUT2D eigenvalue weighted by molar-refractivity contribution is 5.45. The summed E-state index contributed by atoms with van der Waals surface area (Å²) < 4.78 is 0. The van der Waals surface area contributed by atoms with Crippen LogP contribution in [0.2, 0.25) is 0 Å². The topological polar surface area (TPSA) is 24.1 Å². The van der Waals surface area contributed by atoms with Crippen molar-refractivity contribution in [3.63, 3.8) is 0 Å². The zero-order chi connectivity index (χ0) is 15.4. The summed E-state index contributed by atoms with van der Waals surface area (Å²) >= 11 is 0. The van der Waals surface area contributed by atoms with Gasteiger partial charge in [0.15, 0.2) is 0 Å². The molecule has 1 fully saturated rings. The molecule has 0 amide bonds. The van der Waals surface area contributed by atoms with Crippen LogP contribution in [0.5, 0.6) is 0 Å². The van der Waals surface area contributed by atoms with Crippen LogP contribution in [0.3, 0.4) is 0 Å². The van der Waals surface area contributed by atoms with Gasteiger partial charge in [-0.05, 0) is 48.9 Å². The van der Waals surface area contributed by atoms with Crippen molar-refractivity contribution in [2.45, 2.75) is 38.8 Å². The molecule has 0 radical (unpaired) electrons. The number of hydrogen-bond acceptors (Lipinski definition) is 2. The third-order valence-electron chi connectivity index (χ3n) is 4.88. The van der Waals surface area contributed by atoms with E-state index in [0.717, 1.165) is 0 Å². The van der Waals surface area contributed by atoms with Crippen molar-refractivity contribution in [3.8, 4) is 0 Å². The fraction of sp³-hybridized carbons (Fsp3) is 0.400. The van der Waals surface area contributed by atoms with Crippen molar-refractivity contribution in [2.24, 2.45) is 11.8 Å². The molecule has 0 spiro atoms. The van der Waals surface area contributed by atoms with Gasteiger partial charge in [-0.2, -0.15) is 0 Å². The van der Waals surface area contributed by atoms with Gasteiger partial charge in [0.05, 0.1) is 0 Å². The van der Waals surface area contributed by atoms with Gasteiger partial charge in [0.1, 0.15) is 0 Å². The summed E-state index contributed by atoms with van der Waals surface area (Å²) in [6.07, 6.45) is 2.42. The Bertz CT molecular complexity index is 513. The zero-order valence-electron chi connectivity index (χ0n) is 13.5. The van der Waals surface area contributed by atoms with Gasteiger partial charge in [-0.15, -0.1) is 0 Å². The smallest absolute Gasteiger partial charge is 0.0342 e. The number of hydrogen-bond donors (Lipinski definition) is 2. The van der Waals surface area contributed by atoms with E-state index >= 15 is 0 Å². The Hall–Kier alpha value is -1.96. The van der Waals surface area contributed by atoms with Crippen LogP contribution < -0.4 is 10.6 Å². The number of benzene rings is 2. The van der Waals surface area contributed by atoms with Crippen LogP contribution in [0.15, 0.2) is 60.7 Å². The molecule has 2 aromatic rings. The Labute approximate surface area is 134 Å². The summed E-state index contributed by atoms with van der Waals surface area (Å²) in [6.45, 7) is 4.73. The first-order valence-electron chi connectivity index (χ1n) is 8.35. The van der Waals surface area contributed by atoms with E-state index in [1.54, 1.807) is 0 Å². The van der Waals surface area contributed by atoms with Crippen LogP contribution in [-0.2, 0) is 0 Å². The third kappa shape index (κ3) is 3.62. The monoisotopic (exact) mass is 294 g/mol. The van der Waals surface area contributed by atoms with E-state index in [1.165, 1.54) is 24.2 Å². The van der Waals surface area contributed by atoms with E-state index in [4.69, 9.17) is 0 Å². The number of nitrogens with one attached hydrogen (secondary N) is 2. The van der Waals surface area contributed by atoms with Crippen LogP contribution in [0.1, 0.15) is 26.7 Å². The average molecular weight is 294 g/mol. The second kappa shape index (κ2) is 6.87. The van der Waals surface area contributed by atoms with Gasteiger partial charge in [0.2, 0.25) is 0 Å². The minimum absolute atomic E-state index is 0.561. The highest BCUT2D eigenvalue weighted by atomic mass is 15.0. The molecule has 2 nitrogen and oxygen atoms in total. The Morgan fingerprint density at radius 2 is 1.00 bits per heavy atom. The first-order valence-corrected chi connectivity index (χ1v) is 8.35. The second-order valence-corrected chi connectivity index (χ2v) is 6.66. The first kappa shape index (κ1) is 15.0. The van der Waals surface area contributed by atoms with Crippen molar-refractivity contribution < 1.29 is 0 Å². The molecular formula is C20H26N2. The van der Waals surface area contributed by atoms with Crippen molar-refractivity contribution >= 4 is 11.4 Å². The lowest BCUT2D eigenvalue weighted by Crippen LogP contribution is -2.43. The normalized spacial score (nSPS) is 28.1. The van der Waals surface area contributed by atoms with Gasteiger partial charge in [0.25, 0.3) is 0 Å². The lowest BCUT2D eigenvalue weighted by atomic mass is 9.76. The molecule has 2 heteroatoms. The Balaban J connectivity index is 1.61. The molecule has 0 bridgehead atoms. The molecule has 0 heterocycles. The van der Waals surface area contributed by atoms with Gasteiger partial charge >= 0.3 is 0 Å². The maximum absolute atomic E-state index is 3.72. The first-order chi connectivity index (χ1) is 10.7. The maximum Gasteiger partial charge on any atom is 0.0342 e. The summed E-state index contributed by atoms with van der Waals surface area (Å²) in [4.78, 5) is 0. The van der Waals surface area contributed by atoms with E-state index in [2.05, 4.69) is 85.1 Å². The van der Waals surface area contributed by atoms with E-state index < -0.39 is 0 Å². The number of para-hydroxylation sites is 2. The van der Waals surface area contributed by atoms with Crippen LogP contribution in [0, 0.1) is 11.8 Å². The SMILES string of the molecule is C[C@@H]1C[C@H](Nc2ccccc2)[C@@H](C)C[C@H]1Nc1ccccc1. The average Bonchev–Trinajstić information content (AvgIpc) is 2.54. The van der Waals surface area contributed by atoms with Crippen molar-refractivity contribution in [1.82, 2.24) is 0 Å². The Morgan fingerprint density at radius 3 is 1.36 bits per heavy atom. The quantitative estimate of drug-likeness (QED) is 0.828. The van der Waals surface area contributed by atoms with Crippen molar-refractivity contribution in [3.05, 3.63) is 60.7 Å². The van der Waals surface area contributed by atoms with Gasteiger partial charge in [-0.1, -0.05) is 50.2 Å². The number of anilines is 2. The molecular weight excluding hydrogens is 268 g/mol. The molecule has 1 saturated carbocycles. The molecule has 2 aromatic carbocycles. The van der Waals surface area contributed by atoms with Crippen LogP contribution in [0.25, 0.3) is 0 Å². The molecule has 0 saturated heterocycles. The highest BCUT2D eigenvalue weighted by Crippen LogP contribution is 2.33. The lowest BCUT2D eigenvalue weighted by molar-refractivity contribution is 0.257. The fourth-order valence-corrected chi connectivity index (χ4v) is 3.49. The lowest BCUT2D eigenvalue weighted by Gasteiger charge is -2.40. The molecule has 0 aromatic heterocycles. The molecule has 1 aliphatic carbocycles. The minimum Gasteiger partial charge on any atom is -0.382 e. The fourth-order valence-electron chi connectivity index (χ4n) is 3.49. The molecule has 4 atom stereocenters. The largest absolute Gasteiger partial charge is 0.382 e. The van der Waals surface area contributed by atoms with Gasteiger partial charge in [-0.25, -0.2) is 0 Å². The van der Waals surface area contributed by atoms with Crippen molar-refractivity contribution in [2.75, 3.05) is 10.6 Å². The van der Waals surface area contributed by atoms with E-state index in [9.17, 15) is 0 Å². The molecule has 1 aliphatic rings. The van der Waals surface area contributed by atoms with Gasteiger partial charge in [0, 0.05) is 23.5 Å². The van der Waals surface area contributed by atoms with Crippen LogP contribution in [-0.4, -0.2) is 12.1 Å². The predicted octanol–water partition coefficient (Wildman–Crippen LogP) is 5.01. The second-order valence-electron chi connectivity index (χ2n) is 6.66.